The lowest BCUT2D eigenvalue weighted by Gasteiger charge is -2.09. The number of hydrogen-bond donors (Lipinski definition) is 3. The Kier molecular flexibility index (Phi) is 15.8. The van der Waals surface area contributed by atoms with E-state index in [1.807, 2.05) is 24.3 Å². The van der Waals surface area contributed by atoms with Crippen LogP contribution in [0.25, 0.3) is 0 Å². The van der Waals surface area contributed by atoms with Crippen LogP contribution >= 0.6 is 25.9 Å². The molecule has 57 heavy (non-hydrogen) atoms. The van der Waals surface area contributed by atoms with Gasteiger partial charge in [-0.2, -0.15) is 28.1 Å². The Morgan fingerprint density at radius 2 is 1.18 bits per heavy atom. The van der Waals surface area contributed by atoms with Gasteiger partial charge in [0, 0.05) is 34.1 Å². The SMILES string of the molecule is C.CP(C)(=O)c1ccc(Nc2ncnc(Cl)n2)cc1.Cc1cc(F)cc(Oc2ncnc(Nc3ccc(P(C)(C)=O)cc3)n2)c1.Oc1cc(F)cc(C(F)(F)F)c1. The molecule has 20 heteroatoms. The van der Waals surface area contributed by atoms with E-state index in [0.717, 1.165) is 27.5 Å². The van der Waals surface area contributed by atoms with E-state index in [0.29, 0.717) is 29.9 Å². The number of nitrogens with one attached hydrogen (secondary N) is 2. The van der Waals surface area contributed by atoms with Crippen molar-refractivity contribution in [2.75, 3.05) is 37.3 Å². The van der Waals surface area contributed by atoms with Crippen molar-refractivity contribution in [1.29, 1.82) is 0 Å². The second-order valence-electron chi connectivity index (χ2n) is 12.5. The average molecular weight is 851 g/mol. The number of phenols is 1. The first-order valence-electron chi connectivity index (χ1n) is 16.0. The van der Waals surface area contributed by atoms with Crippen molar-refractivity contribution in [1.82, 2.24) is 29.9 Å². The fourth-order valence-corrected chi connectivity index (χ4v) is 6.26. The summed E-state index contributed by atoms with van der Waals surface area (Å²) in [5, 5.41) is 16.4. The van der Waals surface area contributed by atoms with Gasteiger partial charge in [-0.3, -0.25) is 0 Å². The van der Waals surface area contributed by atoms with Crippen LogP contribution in [0.1, 0.15) is 18.6 Å². The van der Waals surface area contributed by atoms with Crippen LogP contribution in [-0.2, 0) is 15.3 Å². The molecule has 6 aromatic rings. The number of benzene rings is 4. The zero-order valence-corrected chi connectivity index (χ0v) is 32.8. The summed E-state index contributed by atoms with van der Waals surface area (Å²) in [7, 11) is -4.51. The highest BCUT2D eigenvalue weighted by Gasteiger charge is 2.31. The van der Waals surface area contributed by atoms with Gasteiger partial charge in [0.1, 0.15) is 50.1 Å². The number of alkyl halides is 3. The molecule has 0 radical (unpaired) electrons. The van der Waals surface area contributed by atoms with Crippen LogP contribution in [0.4, 0.5) is 45.2 Å². The maximum Gasteiger partial charge on any atom is 0.416 e. The minimum atomic E-state index is -4.63. The standard InChI is InChI=1S/C18H18FN4O2P.C11H12ClN4OP.C7H4F4O.CH4/c1-12-8-13(19)10-15(9-12)25-18-21-11-20-17(23-18)22-14-4-6-16(7-5-14)26(2,3)24;1-18(2,17)9-5-3-8(4-6-9)15-11-14-7-13-10(12)16-11;8-5-1-4(7(9,10)11)2-6(12)3-5;/h4-11H,1-3H3,(H,20,21,22,23);3-7H,1-2H3,(H,13,14,15,16);1-3,12H;1H4. The number of aromatic hydroxyl groups is 1. The Morgan fingerprint density at radius 3 is 1.63 bits per heavy atom. The zero-order valence-electron chi connectivity index (χ0n) is 30.3. The minimum absolute atomic E-state index is 0. The molecule has 2 heterocycles. The summed E-state index contributed by atoms with van der Waals surface area (Å²) < 4.78 is 90.8. The van der Waals surface area contributed by atoms with Gasteiger partial charge in [0.15, 0.2) is 0 Å². The molecule has 0 atom stereocenters. The normalized spacial score (nSPS) is 11.1. The third-order valence-corrected chi connectivity index (χ3v) is 10.3. The largest absolute Gasteiger partial charge is 0.508 e. The van der Waals surface area contributed by atoms with Gasteiger partial charge < -0.3 is 29.6 Å². The molecule has 3 N–H and O–H groups in total. The lowest BCUT2D eigenvalue weighted by molar-refractivity contribution is -0.137. The highest BCUT2D eigenvalue weighted by atomic mass is 35.5. The van der Waals surface area contributed by atoms with Gasteiger partial charge in [0.05, 0.1) is 5.56 Å². The summed E-state index contributed by atoms with van der Waals surface area (Å²) in [5.41, 5.74) is 1.08. The predicted octanol–water partition coefficient (Wildman–Crippen LogP) is 9.81. The van der Waals surface area contributed by atoms with Crippen molar-refractivity contribution in [3.63, 3.8) is 0 Å². The van der Waals surface area contributed by atoms with E-state index >= 15 is 0 Å². The number of aryl methyl sites for hydroxylation is 1. The molecule has 302 valence electrons. The number of anilines is 4. The Balaban J connectivity index is 0.000000244. The maximum atomic E-state index is 13.4. The van der Waals surface area contributed by atoms with Gasteiger partial charge in [0.25, 0.3) is 0 Å². The van der Waals surface area contributed by atoms with Crippen LogP contribution in [-0.4, -0.2) is 61.7 Å². The number of phenolic OH excluding ortho intramolecular Hbond substituents is 1. The molecule has 0 unspecified atom stereocenters. The van der Waals surface area contributed by atoms with Crippen molar-refractivity contribution >= 4 is 59.8 Å². The molecule has 0 saturated carbocycles. The molecule has 0 bridgehead atoms. The van der Waals surface area contributed by atoms with Crippen LogP contribution in [0.2, 0.25) is 5.28 Å². The minimum Gasteiger partial charge on any atom is -0.508 e. The molecule has 4 aromatic carbocycles. The number of rotatable bonds is 8. The quantitative estimate of drug-likeness (QED) is 0.0982. The molecule has 12 nitrogen and oxygen atoms in total. The molecule has 6 rings (SSSR count). The lowest BCUT2D eigenvalue weighted by atomic mass is 10.2. The van der Waals surface area contributed by atoms with Crippen molar-refractivity contribution in [3.05, 3.63) is 126 Å². The highest BCUT2D eigenvalue weighted by Crippen LogP contribution is 2.36. The molecule has 0 aliphatic carbocycles. The molecule has 0 spiro atoms. The molecule has 0 amide bonds. The zero-order chi connectivity index (χ0) is 41.3. The topological polar surface area (TPSA) is 165 Å². The second kappa shape index (κ2) is 19.6. The number of halogens is 6. The summed E-state index contributed by atoms with van der Waals surface area (Å²) in [4.78, 5) is 23.7. The van der Waals surface area contributed by atoms with E-state index < -0.39 is 43.4 Å². The Labute approximate surface area is 330 Å². The van der Waals surface area contributed by atoms with E-state index in [1.54, 1.807) is 63.9 Å². The van der Waals surface area contributed by atoms with E-state index in [-0.39, 0.29) is 24.7 Å². The molecule has 0 aliphatic rings. The van der Waals surface area contributed by atoms with Gasteiger partial charge in [-0.05, 0) is 124 Å². The first-order valence-corrected chi connectivity index (χ1v) is 21.6. The summed E-state index contributed by atoms with van der Waals surface area (Å²) in [6.07, 6.45) is -1.99. The van der Waals surface area contributed by atoms with E-state index in [2.05, 4.69) is 40.5 Å². The average Bonchev–Trinajstić information content (AvgIpc) is 3.08. The summed E-state index contributed by atoms with van der Waals surface area (Å²) in [5.74, 6) is -1.27. The first-order chi connectivity index (χ1) is 26.1. The third-order valence-electron chi connectivity index (χ3n) is 7.02. The third kappa shape index (κ3) is 15.2. The first kappa shape index (κ1) is 45.9. The smallest absolute Gasteiger partial charge is 0.416 e. The molecular formula is C37H38ClF5N8O4P2. The van der Waals surface area contributed by atoms with Gasteiger partial charge in [-0.15, -0.1) is 0 Å². The van der Waals surface area contributed by atoms with Gasteiger partial charge in [0.2, 0.25) is 17.2 Å². The summed E-state index contributed by atoms with van der Waals surface area (Å²) in [6.45, 7) is 8.69. The van der Waals surface area contributed by atoms with Gasteiger partial charge in [-0.25, -0.2) is 23.7 Å². The van der Waals surface area contributed by atoms with Crippen molar-refractivity contribution in [2.24, 2.45) is 0 Å². The van der Waals surface area contributed by atoms with Crippen LogP contribution in [0.3, 0.4) is 0 Å². The monoisotopic (exact) mass is 850 g/mol. The number of ether oxygens (including phenoxy) is 1. The molecule has 0 saturated heterocycles. The maximum absolute atomic E-state index is 13.4. The fraction of sp³-hybridized carbons (Fsp3) is 0.189. The Morgan fingerprint density at radius 1 is 0.684 bits per heavy atom. The predicted molar refractivity (Wildman–Crippen MR) is 213 cm³/mol. The molecule has 2 aromatic heterocycles. The van der Waals surface area contributed by atoms with E-state index in [1.165, 1.54) is 24.8 Å². The number of aromatic nitrogens is 6. The Bertz CT molecular complexity index is 2330. The molecule has 0 fully saturated rings. The lowest BCUT2D eigenvalue weighted by Crippen LogP contribution is -2.04. The van der Waals surface area contributed by atoms with E-state index in [9.17, 15) is 31.1 Å². The van der Waals surface area contributed by atoms with Crippen LogP contribution in [0.5, 0.6) is 17.5 Å². The van der Waals surface area contributed by atoms with E-state index in [4.69, 9.17) is 21.4 Å². The highest BCUT2D eigenvalue weighted by molar-refractivity contribution is 7.70. The van der Waals surface area contributed by atoms with Crippen LogP contribution in [0.15, 0.2) is 97.6 Å². The Hall–Kier alpha value is -5.50. The van der Waals surface area contributed by atoms with Gasteiger partial charge >= 0.3 is 12.2 Å². The van der Waals surface area contributed by atoms with Gasteiger partial charge in [-0.1, -0.05) is 7.43 Å². The van der Waals surface area contributed by atoms with Crippen LogP contribution < -0.4 is 26.0 Å². The fourth-order valence-electron chi connectivity index (χ4n) is 4.40. The van der Waals surface area contributed by atoms with Crippen LogP contribution in [0, 0.1) is 18.6 Å². The number of nitrogens with zero attached hydrogens (tertiary/aromatic N) is 6. The van der Waals surface area contributed by atoms with Crippen molar-refractivity contribution in [3.8, 4) is 17.5 Å². The summed E-state index contributed by atoms with van der Waals surface area (Å²) >= 11 is 5.66. The number of hydrogen-bond acceptors (Lipinski definition) is 12. The second-order valence-corrected chi connectivity index (χ2v) is 19.3. The molecular weight excluding hydrogens is 813 g/mol. The van der Waals surface area contributed by atoms with Crippen molar-refractivity contribution < 1.29 is 40.9 Å². The summed E-state index contributed by atoms with van der Waals surface area (Å²) in [6, 6.07) is 20.3. The van der Waals surface area contributed by atoms with Crippen molar-refractivity contribution in [2.45, 2.75) is 20.5 Å². The molecule has 0 aliphatic heterocycles.